The summed E-state index contributed by atoms with van der Waals surface area (Å²) in [6.45, 7) is 9.69. The van der Waals surface area contributed by atoms with Gasteiger partial charge >= 0.3 is 18.0 Å². The van der Waals surface area contributed by atoms with Gasteiger partial charge in [-0.2, -0.15) is 0 Å². The van der Waals surface area contributed by atoms with Crippen molar-refractivity contribution < 1.29 is 29.0 Å². The Bertz CT molecular complexity index is 405. The van der Waals surface area contributed by atoms with E-state index < -0.39 is 35.2 Å². The van der Waals surface area contributed by atoms with Gasteiger partial charge in [-0.3, -0.25) is 9.59 Å². The molecular formula is C14H25NO6. The van der Waals surface area contributed by atoms with E-state index in [1.54, 1.807) is 41.5 Å². The summed E-state index contributed by atoms with van der Waals surface area (Å²) in [7, 11) is 1.37. The lowest BCUT2D eigenvalue weighted by atomic mass is 10.1. The van der Waals surface area contributed by atoms with Crippen molar-refractivity contribution in [1.29, 1.82) is 0 Å². The quantitative estimate of drug-likeness (QED) is 0.629. The molecule has 0 aromatic carbocycles. The fourth-order valence-corrected chi connectivity index (χ4v) is 1.31. The van der Waals surface area contributed by atoms with E-state index in [2.05, 4.69) is 0 Å². The summed E-state index contributed by atoms with van der Waals surface area (Å²) in [6.07, 6.45) is -0.697. The van der Waals surface area contributed by atoms with Gasteiger partial charge in [-0.1, -0.05) is 0 Å². The maximum absolute atomic E-state index is 11.9. The highest BCUT2D eigenvalue weighted by molar-refractivity contribution is 5.94. The van der Waals surface area contributed by atoms with Crippen molar-refractivity contribution in [2.75, 3.05) is 13.6 Å². The van der Waals surface area contributed by atoms with Crippen LogP contribution in [0.1, 0.15) is 41.5 Å². The maximum Gasteiger partial charge on any atom is 0.410 e. The van der Waals surface area contributed by atoms with Crippen molar-refractivity contribution in [3.8, 4) is 0 Å². The number of carboxylic acids is 1. The second-order valence-corrected chi connectivity index (χ2v) is 6.79. The molecule has 0 aromatic heterocycles. The number of carbonyl (C=O) groups excluding carboxylic acids is 2. The number of carbonyl (C=O) groups is 3. The van der Waals surface area contributed by atoms with Crippen LogP contribution < -0.4 is 0 Å². The second-order valence-electron chi connectivity index (χ2n) is 6.79. The highest BCUT2D eigenvalue weighted by atomic mass is 16.6. The van der Waals surface area contributed by atoms with Crippen LogP contribution in [0.5, 0.6) is 0 Å². The van der Waals surface area contributed by atoms with Crippen LogP contribution in [0.3, 0.4) is 0 Å². The SMILES string of the molecule is CN(C[C@@H](C(=O)O)C(=O)OC(C)(C)C)C(=O)OC(C)(C)C. The van der Waals surface area contributed by atoms with Gasteiger partial charge < -0.3 is 19.5 Å². The van der Waals surface area contributed by atoms with Crippen LogP contribution >= 0.6 is 0 Å². The standard InChI is InChI=1S/C14H25NO6/c1-13(2,3)20-11(18)9(10(16)17)8-15(7)12(19)21-14(4,5)6/h9H,8H2,1-7H3,(H,16,17)/t9-/m0/s1. The predicted octanol–water partition coefficient (Wildman–Crippen LogP) is 1.90. The van der Waals surface area contributed by atoms with E-state index in [0.29, 0.717) is 0 Å². The Labute approximate surface area is 125 Å². The molecule has 0 spiro atoms. The van der Waals surface area contributed by atoms with Crippen molar-refractivity contribution in [1.82, 2.24) is 4.90 Å². The Morgan fingerprint density at radius 2 is 1.43 bits per heavy atom. The molecule has 1 N–H and O–H groups in total. The van der Waals surface area contributed by atoms with E-state index in [1.807, 2.05) is 0 Å². The molecule has 1 amide bonds. The van der Waals surface area contributed by atoms with E-state index in [4.69, 9.17) is 14.6 Å². The smallest absolute Gasteiger partial charge is 0.410 e. The van der Waals surface area contributed by atoms with Gasteiger partial charge in [0, 0.05) is 13.6 Å². The zero-order valence-corrected chi connectivity index (χ0v) is 13.7. The summed E-state index contributed by atoms with van der Waals surface area (Å²) in [4.78, 5) is 35.9. The lowest BCUT2D eigenvalue weighted by Gasteiger charge is -2.27. The largest absolute Gasteiger partial charge is 0.481 e. The van der Waals surface area contributed by atoms with Gasteiger partial charge in [-0.15, -0.1) is 0 Å². The number of amides is 1. The van der Waals surface area contributed by atoms with Gasteiger partial charge in [0.2, 0.25) is 0 Å². The monoisotopic (exact) mass is 303 g/mol. The first kappa shape index (κ1) is 19.2. The van der Waals surface area contributed by atoms with Crippen molar-refractivity contribution in [3.63, 3.8) is 0 Å². The third kappa shape index (κ3) is 8.16. The maximum atomic E-state index is 11.9. The molecule has 0 unspecified atom stereocenters. The van der Waals surface area contributed by atoms with Gasteiger partial charge in [0.05, 0.1) is 0 Å². The molecule has 122 valence electrons. The summed E-state index contributed by atoms with van der Waals surface area (Å²) in [5, 5.41) is 9.12. The molecule has 7 nitrogen and oxygen atoms in total. The number of aliphatic carboxylic acids is 1. The fraction of sp³-hybridized carbons (Fsp3) is 0.786. The van der Waals surface area contributed by atoms with Crippen LogP contribution in [0, 0.1) is 5.92 Å². The number of hydrogen-bond acceptors (Lipinski definition) is 5. The molecule has 7 heteroatoms. The Hall–Kier alpha value is -1.79. The summed E-state index contributed by atoms with van der Waals surface area (Å²) in [5.41, 5.74) is -1.49. The van der Waals surface area contributed by atoms with E-state index >= 15 is 0 Å². The molecule has 0 heterocycles. The van der Waals surface area contributed by atoms with Crippen LogP contribution in [0.25, 0.3) is 0 Å². The molecule has 0 aliphatic heterocycles. The predicted molar refractivity (Wildman–Crippen MR) is 75.8 cm³/mol. The third-order valence-corrected chi connectivity index (χ3v) is 2.15. The van der Waals surface area contributed by atoms with Gasteiger partial charge in [0.25, 0.3) is 0 Å². The minimum Gasteiger partial charge on any atom is -0.481 e. The number of ether oxygens (including phenoxy) is 2. The lowest BCUT2D eigenvalue weighted by molar-refractivity contribution is -0.167. The third-order valence-electron chi connectivity index (χ3n) is 2.15. The molecule has 0 aromatic rings. The van der Waals surface area contributed by atoms with Crippen molar-refractivity contribution in [3.05, 3.63) is 0 Å². The Morgan fingerprint density at radius 1 is 1.00 bits per heavy atom. The zero-order chi connectivity index (χ0) is 17.0. The highest BCUT2D eigenvalue weighted by Crippen LogP contribution is 2.14. The number of nitrogens with zero attached hydrogens (tertiary/aromatic N) is 1. The topological polar surface area (TPSA) is 93.1 Å². The highest BCUT2D eigenvalue weighted by Gasteiger charge is 2.34. The number of hydrogen-bond donors (Lipinski definition) is 1. The van der Waals surface area contributed by atoms with E-state index in [1.165, 1.54) is 7.05 Å². The Morgan fingerprint density at radius 3 is 1.76 bits per heavy atom. The average molecular weight is 303 g/mol. The molecule has 0 saturated heterocycles. The molecule has 0 rings (SSSR count). The van der Waals surface area contributed by atoms with Crippen molar-refractivity contribution >= 4 is 18.0 Å². The summed E-state index contributed by atoms with van der Waals surface area (Å²) in [5.74, 6) is -3.69. The van der Waals surface area contributed by atoms with Crippen LogP contribution in [0.2, 0.25) is 0 Å². The molecule has 21 heavy (non-hydrogen) atoms. The molecule has 0 saturated carbocycles. The molecule has 0 fully saturated rings. The van der Waals surface area contributed by atoms with Gasteiger partial charge in [-0.25, -0.2) is 4.79 Å². The minimum absolute atomic E-state index is 0.320. The normalized spacial score (nSPS) is 13.3. The van der Waals surface area contributed by atoms with Crippen molar-refractivity contribution in [2.45, 2.75) is 52.7 Å². The van der Waals surface area contributed by atoms with Crippen molar-refractivity contribution in [2.24, 2.45) is 5.92 Å². The molecule has 0 aliphatic rings. The molecule has 0 radical (unpaired) electrons. The van der Waals surface area contributed by atoms with Crippen LogP contribution in [0.4, 0.5) is 4.79 Å². The number of carboxylic acid groups (broad SMARTS) is 1. The van der Waals surface area contributed by atoms with Crippen LogP contribution in [-0.4, -0.2) is 52.8 Å². The summed E-state index contributed by atoms with van der Waals surface area (Å²) in [6, 6.07) is 0. The first-order chi connectivity index (χ1) is 9.23. The molecule has 1 atom stereocenters. The molecular weight excluding hydrogens is 278 g/mol. The van der Waals surface area contributed by atoms with E-state index in [-0.39, 0.29) is 6.54 Å². The molecule has 0 bridgehead atoms. The number of rotatable bonds is 4. The summed E-state index contributed by atoms with van der Waals surface area (Å²) >= 11 is 0. The lowest BCUT2D eigenvalue weighted by Crippen LogP contribution is -2.43. The average Bonchev–Trinajstić information content (AvgIpc) is 2.19. The van der Waals surface area contributed by atoms with E-state index in [0.717, 1.165) is 4.90 Å². The first-order valence-corrected chi connectivity index (χ1v) is 6.63. The van der Waals surface area contributed by atoms with Gasteiger partial charge in [0.1, 0.15) is 11.2 Å². The van der Waals surface area contributed by atoms with Crippen LogP contribution in [-0.2, 0) is 19.1 Å². The second kappa shape index (κ2) is 6.78. The van der Waals surface area contributed by atoms with Gasteiger partial charge in [0.15, 0.2) is 5.92 Å². The Balaban J connectivity index is 4.83. The molecule has 0 aliphatic carbocycles. The van der Waals surface area contributed by atoms with E-state index in [9.17, 15) is 14.4 Å². The fourth-order valence-electron chi connectivity index (χ4n) is 1.31. The van der Waals surface area contributed by atoms with Crippen LogP contribution in [0.15, 0.2) is 0 Å². The minimum atomic E-state index is -1.46. The summed E-state index contributed by atoms with van der Waals surface area (Å²) < 4.78 is 10.1. The number of esters is 1. The first-order valence-electron chi connectivity index (χ1n) is 6.63. The zero-order valence-electron chi connectivity index (χ0n) is 13.7. The van der Waals surface area contributed by atoms with Gasteiger partial charge in [-0.05, 0) is 41.5 Å². The Kier molecular flexibility index (Phi) is 6.20.